The van der Waals surface area contributed by atoms with Crippen molar-refractivity contribution in [3.05, 3.63) is 51.7 Å². The van der Waals surface area contributed by atoms with Crippen LogP contribution in [0.3, 0.4) is 0 Å². The van der Waals surface area contributed by atoms with Crippen LogP contribution in [0.1, 0.15) is 12.5 Å². The van der Waals surface area contributed by atoms with Crippen LogP contribution in [0.2, 0.25) is 5.15 Å². The van der Waals surface area contributed by atoms with Crippen molar-refractivity contribution in [2.75, 3.05) is 12.4 Å². The molecule has 0 aliphatic rings. The predicted octanol–water partition coefficient (Wildman–Crippen LogP) is 4.55. The molecule has 1 aromatic carbocycles. The summed E-state index contributed by atoms with van der Waals surface area (Å²) in [4.78, 5) is 4.10. The van der Waals surface area contributed by atoms with Gasteiger partial charge in [0.2, 0.25) is 0 Å². The summed E-state index contributed by atoms with van der Waals surface area (Å²) in [5, 5.41) is 3.85. The maximum absolute atomic E-state index is 6.07. The molecule has 1 aromatic heterocycles. The highest BCUT2D eigenvalue weighted by Gasteiger charge is 2.08. The number of rotatable bonds is 5. The van der Waals surface area contributed by atoms with Gasteiger partial charge in [0.05, 0.1) is 12.8 Å². The SMILES string of the molecule is COc1ccc(CC(C)Nc2cc(Br)cnc2Cl)cc1. The number of methoxy groups -OCH3 is 1. The number of aromatic nitrogens is 1. The smallest absolute Gasteiger partial charge is 0.152 e. The summed E-state index contributed by atoms with van der Waals surface area (Å²) in [6.45, 7) is 2.11. The average molecular weight is 356 g/mol. The molecule has 3 nitrogen and oxygen atoms in total. The van der Waals surface area contributed by atoms with Gasteiger partial charge in [-0.15, -0.1) is 0 Å². The summed E-state index contributed by atoms with van der Waals surface area (Å²) < 4.78 is 6.06. The third-order valence-corrected chi connectivity index (χ3v) is 3.64. The quantitative estimate of drug-likeness (QED) is 0.799. The minimum atomic E-state index is 0.247. The van der Waals surface area contributed by atoms with E-state index in [0.29, 0.717) is 5.15 Å². The fourth-order valence-corrected chi connectivity index (χ4v) is 2.44. The summed E-state index contributed by atoms with van der Waals surface area (Å²) in [6.07, 6.45) is 2.58. The van der Waals surface area contributed by atoms with Crippen LogP contribution in [0.25, 0.3) is 0 Å². The molecule has 20 heavy (non-hydrogen) atoms. The van der Waals surface area contributed by atoms with E-state index in [1.54, 1.807) is 13.3 Å². The Morgan fingerprint density at radius 2 is 2.05 bits per heavy atom. The Balaban J connectivity index is 2.00. The van der Waals surface area contributed by atoms with E-state index in [-0.39, 0.29) is 6.04 Å². The molecule has 0 bridgehead atoms. The lowest BCUT2D eigenvalue weighted by atomic mass is 10.1. The number of nitrogens with zero attached hydrogens (tertiary/aromatic N) is 1. The normalized spacial score (nSPS) is 12.0. The van der Waals surface area contributed by atoms with E-state index in [1.165, 1.54) is 5.56 Å². The zero-order chi connectivity index (χ0) is 14.5. The molecule has 106 valence electrons. The molecule has 1 heterocycles. The van der Waals surface area contributed by atoms with Gasteiger partial charge in [-0.25, -0.2) is 4.98 Å². The zero-order valence-electron chi connectivity index (χ0n) is 11.4. The third-order valence-electron chi connectivity index (χ3n) is 2.91. The van der Waals surface area contributed by atoms with Crippen molar-refractivity contribution in [3.63, 3.8) is 0 Å². The second kappa shape index (κ2) is 6.95. The van der Waals surface area contributed by atoms with Crippen LogP contribution < -0.4 is 10.1 Å². The number of ether oxygens (including phenoxy) is 1. The van der Waals surface area contributed by atoms with Crippen molar-refractivity contribution < 1.29 is 4.74 Å². The summed E-state index contributed by atoms with van der Waals surface area (Å²) in [7, 11) is 1.67. The molecule has 5 heteroatoms. The minimum absolute atomic E-state index is 0.247. The first kappa shape index (κ1) is 15.1. The molecular formula is C15H16BrClN2O. The Bertz CT molecular complexity index is 575. The molecule has 0 aliphatic carbocycles. The maximum atomic E-state index is 6.07. The molecule has 0 spiro atoms. The number of halogens is 2. The minimum Gasteiger partial charge on any atom is -0.497 e. The fraction of sp³-hybridized carbons (Fsp3) is 0.267. The second-order valence-corrected chi connectivity index (χ2v) is 5.86. The number of nitrogens with one attached hydrogen (secondary N) is 1. The van der Waals surface area contributed by atoms with Crippen molar-refractivity contribution in [2.45, 2.75) is 19.4 Å². The molecule has 0 radical (unpaired) electrons. The Hall–Kier alpha value is -1.26. The molecular weight excluding hydrogens is 340 g/mol. The topological polar surface area (TPSA) is 34.1 Å². The Labute approximate surface area is 132 Å². The van der Waals surface area contributed by atoms with E-state index >= 15 is 0 Å². The van der Waals surface area contributed by atoms with E-state index in [4.69, 9.17) is 16.3 Å². The molecule has 2 aromatic rings. The van der Waals surface area contributed by atoms with Crippen LogP contribution >= 0.6 is 27.5 Å². The van der Waals surface area contributed by atoms with E-state index < -0.39 is 0 Å². The Kier molecular flexibility index (Phi) is 5.26. The average Bonchev–Trinajstić information content (AvgIpc) is 2.43. The monoisotopic (exact) mass is 354 g/mol. The van der Waals surface area contributed by atoms with E-state index in [9.17, 15) is 0 Å². The van der Waals surface area contributed by atoms with Crippen molar-refractivity contribution in [1.29, 1.82) is 0 Å². The first-order valence-electron chi connectivity index (χ1n) is 6.29. The predicted molar refractivity (Wildman–Crippen MR) is 86.7 cm³/mol. The molecule has 2 rings (SSSR count). The van der Waals surface area contributed by atoms with Crippen LogP contribution in [0.5, 0.6) is 5.75 Å². The van der Waals surface area contributed by atoms with Crippen molar-refractivity contribution >= 4 is 33.2 Å². The Morgan fingerprint density at radius 3 is 2.70 bits per heavy atom. The summed E-state index contributed by atoms with van der Waals surface area (Å²) in [5.74, 6) is 0.869. The van der Waals surface area contributed by atoms with Gasteiger partial charge in [0, 0.05) is 16.7 Å². The van der Waals surface area contributed by atoms with Crippen LogP contribution in [-0.2, 0) is 6.42 Å². The molecule has 1 unspecified atom stereocenters. The van der Waals surface area contributed by atoms with Crippen molar-refractivity contribution in [3.8, 4) is 5.75 Å². The number of hydrogen-bond acceptors (Lipinski definition) is 3. The molecule has 0 aliphatic heterocycles. The number of anilines is 1. The lowest BCUT2D eigenvalue weighted by Crippen LogP contribution is -2.18. The Morgan fingerprint density at radius 1 is 1.35 bits per heavy atom. The van der Waals surface area contributed by atoms with Crippen molar-refractivity contribution in [2.24, 2.45) is 0 Å². The standard InChI is InChI=1S/C15H16BrClN2O/c1-10(7-11-3-5-13(20-2)6-4-11)19-14-8-12(16)9-18-15(14)17/h3-6,8-10,19H,7H2,1-2H3. The van der Waals surface area contributed by atoms with Gasteiger partial charge in [-0.3, -0.25) is 0 Å². The first-order valence-corrected chi connectivity index (χ1v) is 7.46. The van der Waals surface area contributed by atoms with Gasteiger partial charge in [0.1, 0.15) is 5.75 Å². The highest BCUT2D eigenvalue weighted by molar-refractivity contribution is 9.10. The lowest BCUT2D eigenvalue weighted by Gasteiger charge is -2.16. The van der Waals surface area contributed by atoms with Crippen LogP contribution in [0, 0.1) is 0 Å². The number of benzene rings is 1. The van der Waals surface area contributed by atoms with Crippen molar-refractivity contribution in [1.82, 2.24) is 4.98 Å². The van der Waals surface area contributed by atoms with Gasteiger partial charge in [0.15, 0.2) is 5.15 Å². The maximum Gasteiger partial charge on any atom is 0.152 e. The fourth-order valence-electron chi connectivity index (χ4n) is 1.96. The molecule has 0 saturated heterocycles. The third kappa shape index (κ3) is 4.12. The summed E-state index contributed by atoms with van der Waals surface area (Å²) in [6, 6.07) is 10.2. The molecule has 0 saturated carbocycles. The van der Waals surface area contributed by atoms with Gasteiger partial charge >= 0.3 is 0 Å². The number of hydrogen-bond donors (Lipinski definition) is 1. The lowest BCUT2D eigenvalue weighted by molar-refractivity contribution is 0.414. The molecule has 0 fully saturated rings. The molecule has 0 amide bonds. The van der Waals surface area contributed by atoms with Crippen LogP contribution in [0.4, 0.5) is 5.69 Å². The zero-order valence-corrected chi connectivity index (χ0v) is 13.7. The summed E-state index contributed by atoms with van der Waals surface area (Å²) in [5.41, 5.74) is 2.08. The number of pyridine rings is 1. The summed E-state index contributed by atoms with van der Waals surface area (Å²) >= 11 is 9.47. The largest absolute Gasteiger partial charge is 0.497 e. The second-order valence-electron chi connectivity index (χ2n) is 4.59. The highest BCUT2D eigenvalue weighted by Crippen LogP contribution is 2.24. The van der Waals surface area contributed by atoms with Gasteiger partial charge in [-0.2, -0.15) is 0 Å². The van der Waals surface area contributed by atoms with Gasteiger partial charge in [0.25, 0.3) is 0 Å². The van der Waals surface area contributed by atoms with E-state index in [2.05, 4.69) is 45.3 Å². The van der Waals surface area contributed by atoms with Gasteiger partial charge < -0.3 is 10.1 Å². The van der Waals surface area contributed by atoms with Gasteiger partial charge in [-0.05, 0) is 53.0 Å². The van der Waals surface area contributed by atoms with E-state index in [1.807, 2.05) is 18.2 Å². The molecule has 1 N–H and O–H groups in total. The van der Waals surface area contributed by atoms with Crippen LogP contribution in [-0.4, -0.2) is 18.1 Å². The molecule has 1 atom stereocenters. The van der Waals surface area contributed by atoms with E-state index in [0.717, 1.165) is 22.3 Å². The highest BCUT2D eigenvalue weighted by atomic mass is 79.9. The van der Waals surface area contributed by atoms with Crippen LogP contribution in [0.15, 0.2) is 41.0 Å². The first-order chi connectivity index (χ1) is 9.58. The van der Waals surface area contributed by atoms with Gasteiger partial charge in [-0.1, -0.05) is 23.7 Å².